The van der Waals surface area contributed by atoms with E-state index in [1.54, 1.807) is 13.8 Å². The predicted molar refractivity (Wildman–Crippen MR) is 86.0 cm³/mol. The standard InChI is InChI=1S/C14H27N3O4S/c1-4-15-13(16-9-12-10-20-6-7-21-12)17-5-8-22(18,19)14(2,3)11-17/h12H,4-11H2,1-3H3,(H,15,16). The molecule has 2 heterocycles. The van der Waals surface area contributed by atoms with Crippen LogP contribution >= 0.6 is 0 Å². The summed E-state index contributed by atoms with van der Waals surface area (Å²) in [4.78, 5) is 6.63. The van der Waals surface area contributed by atoms with Gasteiger partial charge < -0.3 is 19.7 Å². The van der Waals surface area contributed by atoms with Crippen LogP contribution < -0.4 is 5.32 Å². The number of sulfone groups is 1. The lowest BCUT2D eigenvalue weighted by Gasteiger charge is -2.39. The Labute approximate surface area is 133 Å². The molecule has 2 fully saturated rings. The fraction of sp³-hybridized carbons (Fsp3) is 0.929. The summed E-state index contributed by atoms with van der Waals surface area (Å²) in [6, 6.07) is 0. The predicted octanol–water partition coefficient (Wildman–Crippen LogP) is -0.124. The van der Waals surface area contributed by atoms with E-state index in [1.165, 1.54) is 0 Å². The van der Waals surface area contributed by atoms with Gasteiger partial charge in [0.25, 0.3) is 0 Å². The molecule has 0 aromatic rings. The maximum atomic E-state index is 12.1. The molecule has 0 aliphatic carbocycles. The third kappa shape index (κ3) is 4.11. The van der Waals surface area contributed by atoms with E-state index in [1.807, 2.05) is 11.8 Å². The third-order valence-corrected chi connectivity index (χ3v) is 6.54. The zero-order valence-electron chi connectivity index (χ0n) is 13.7. The first-order valence-electron chi connectivity index (χ1n) is 7.80. The van der Waals surface area contributed by atoms with Gasteiger partial charge in [-0.25, -0.2) is 8.42 Å². The van der Waals surface area contributed by atoms with Crippen molar-refractivity contribution >= 4 is 15.8 Å². The molecular weight excluding hydrogens is 306 g/mol. The molecule has 0 spiro atoms. The highest BCUT2D eigenvalue weighted by atomic mass is 32.2. The van der Waals surface area contributed by atoms with Crippen LogP contribution in [0.1, 0.15) is 20.8 Å². The SMILES string of the molecule is CCNC(=NCC1COCCO1)N1CCS(=O)(=O)C(C)(C)C1. The minimum absolute atomic E-state index is 0.0241. The van der Waals surface area contributed by atoms with E-state index >= 15 is 0 Å². The number of aliphatic imine (C=N–C) groups is 1. The summed E-state index contributed by atoms with van der Waals surface area (Å²) in [6.07, 6.45) is -0.0241. The summed E-state index contributed by atoms with van der Waals surface area (Å²) in [5.74, 6) is 0.910. The van der Waals surface area contributed by atoms with Crippen molar-refractivity contribution in [2.75, 3.05) is 51.8 Å². The van der Waals surface area contributed by atoms with Gasteiger partial charge in [-0.3, -0.25) is 4.99 Å². The van der Waals surface area contributed by atoms with Crippen LogP contribution in [0.5, 0.6) is 0 Å². The van der Waals surface area contributed by atoms with Crippen LogP contribution in [0.25, 0.3) is 0 Å². The first-order chi connectivity index (χ1) is 10.4. The first-order valence-corrected chi connectivity index (χ1v) is 9.46. The average Bonchev–Trinajstić information content (AvgIpc) is 2.47. The van der Waals surface area contributed by atoms with Gasteiger partial charge in [0.15, 0.2) is 15.8 Å². The zero-order chi connectivity index (χ0) is 16.2. The Bertz CT molecular complexity index is 498. The largest absolute Gasteiger partial charge is 0.376 e. The van der Waals surface area contributed by atoms with Gasteiger partial charge in [-0.2, -0.15) is 0 Å². The van der Waals surface area contributed by atoms with Crippen molar-refractivity contribution in [2.45, 2.75) is 31.6 Å². The molecule has 1 unspecified atom stereocenters. The molecule has 128 valence electrons. The molecule has 2 saturated heterocycles. The van der Waals surface area contributed by atoms with Crippen molar-refractivity contribution in [2.24, 2.45) is 4.99 Å². The van der Waals surface area contributed by atoms with Gasteiger partial charge in [-0.15, -0.1) is 0 Å². The van der Waals surface area contributed by atoms with E-state index in [0.29, 0.717) is 39.5 Å². The minimum Gasteiger partial charge on any atom is -0.376 e. The Balaban J connectivity index is 2.04. The first kappa shape index (κ1) is 17.5. The molecule has 0 radical (unpaired) electrons. The molecule has 1 atom stereocenters. The van der Waals surface area contributed by atoms with Gasteiger partial charge >= 0.3 is 0 Å². The molecular formula is C14H27N3O4S. The van der Waals surface area contributed by atoms with Crippen LogP contribution in [-0.4, -0.2) is 81.9 Å². The summed E-state index contributed by atoms with van der Waals surface area (Å²) >= 11 is 0. The van der Waals surface area contributed by atoms with Crippen LogP contribution in [0.4, 0.5) is 0 Å². The van der Waals surface area contributed by atoms with Gasteiger partial charge in [-0.05, 0) is 20.8 Å². The van der Waals surface area contributed by atoms with E-state index in [2.05, 4.69) is 10.3 Å². The maximum Gasteiger partial charge on any atom is 0.194 e. The molecule has 8 heteroatoms. The van der Waals surface area contributed by atoms with Crippen LogP contribution in [0.3, 0.4) is 0 Å². The quantitative estimate of drug-likeness (QED) is 0.573. The molecule has 1 N–H and O–H groups in total. The highest BCUT2D eigenvalue weighted by molar-refractivity contribution is 7.92. The fourth-order valence-electron chi connectivity index (χ4n) is 2.58. The summed E-state index contributed by atoms with van der Waals surface area (Å²) < 4.78 is 34.4. The van der Waals surface area contributed by atoms with Gasteiger partial charge in [0, 0.05) is 19.6 Å². The second kappa shape index (κ2) is 7.14. The van der Waals surface area contributed by atoms with Crippen LogP contribution in [0.15, 0.2) is 4.99 Å². The van der Waals surface area contributed by atoms with Crippen molar-refractivity contribution in [3.63, 3.8) is 0 Å². The molecule has 0 aromatic carbocycles. The second-order valence-corrected chi connectivity index (χ2v) is 9.01. The van der Waals surface area contributed by atoms with Crippen molar-refractivity contribution < 1.29 is 17.9 Å². The van der Waals surface area contributed by atoms with Crippen molar-refractivity contribution in [3.05, 3.63) is 0 Å². The molecule has 2 aliphatic heterocycles. The number of nitrogens with zero attached hydrogens (tertiary/aromatic N) is 2. The molecule has 7 nitrogen and oxygen atoms in total. The van der Waals surface area contributed by atoms with Gasteiger partial charge in [0.1, 0.15) is 6.10 Å². The smallest absolute Gasteiger partial charge is 0.194 e. The maximum absolute atomic E-state index is 12.1. The van der Waals surface area contributed by atoms with E-state index in [0.717, 1.165) is 12.5 Å². The lowest BCUT2D eigenvalue weighted by Crippen LogP contribution is -2.57. The van der Waals surface area contributed by atoms with Gasteiger partial charge in [0.2, 0.25) is 0 Å². The number of hydrogen-bond acceptors (Lipinski definition) is 5. The van der Waals surface area contributed by atoms with E-state index in [-0.39, 0.29) is 11.9 Å². The molecule has 2 aliphatic rings. The summed E-state index contributed by atoms with van der Waals surface area (Å²) in [5.41, 5.74) is 0. The molecule has 0 bridgehead atoms. The summed E-state index contributed by atoms with van der Waals surface area (Å²) in [7, 11) is -3.05. The summed E-state index contributed by atoms with van der Waals surface area (Å²) in [5, 5.41) is 3.24. The average molecular weight is 333 g/mol. The summed E-state index contributed by atoms with van der Waals surface area (Å²) in [6.45, 7) is 9.53. The van der Waals surface area contributed by atoms with Crippen LogP contribution in [0, 0.1) is 0 Å². The molecule has 0 aromatic heterocycles. The third-order valence-electron chi connectivity index (χ3n) is 4.01. The van der Waals surface area contributed by atoms with Crippen LogP contribution in [0.2, 0.25) is 0 Å². The number of rotatable bonds is 3. The van der Waals surface area contributed by atoms with Crippen molar-refractivity contribution in [1.29, 1.82) is 0 Å². The normalized spacial score (nSPS) is 28.4. The van der Waals surface area contributed by atoms with Crippen molar-refractivity contribution in [1.82, 2.24) is 10.2 Å². The number of nitrogens with one attached hydrogen (secondary N) is 1. The molecule has 2 rings (SSSR count). The highest BCUT2D eigenvalue weighted by Crippen LogP contribution is 2.23. The van der Waals surface area contributed by atoms with E-state index in [9.17, 15) is 8.42 Å². The highest BCUT2D eigenvalue weighted by Gasteiger charge is 2.41. The zero-order valence-corrected chi connectivity index (χ0v) is 14.5. The van der Waals surface area contributed by atoms with E-state index in [4.69, 9.17) is 9.47 Å². The Kier molecular flexibility index (Phi) is 5.68. The Morgan fingerprint density at radius 3 is 2.77 bits per heavy atom. The lowest BCUT2D eigenvalue weighted by molar-refractivity contribution is -0.0833. The number of guanidine groups is 1. The van der Waals surface area contributed by atoms with Crippen molar-refractivity contribution in [3.8, 4) is 0 Å². The molecule has 0 amide bonds. The fourth-order valence-corrected chi connectivity index (χ4v) is 3.95. The number of hydrogen-bond donors (Lipinski definition) is 1. The molecule has 22 heavy (non-hydrogen) atoms. The van der Waals surface area contributed by atoms with Gasteiger partial charge in [-0.1, -0.05) is 0 Å². The monoisotopic (exact) mass is 333 g/mol. The second-order valence-electron chi connectivity index (χ2n) is 6.26. The lowest BCUT2D eigenvalue weighted by atomic mass is 10.2. The Hall–Kier alpha value is -0.860. The van der Waals surface area contributed by atoms with Crippen LogP contribution in [-0.2, 0) is 19.3 Å². The van der Waals surface area contributed by atoms with Gasteiger partial charge in [0.05, 0.1) is 36.9 Å². The topological polar surface area (TPSA) is 80.2 Å². The Morgan fingerprint density at radius 1 is 1.41 bits per heavy atom. The molecule has 0 saturated carbocycles. The minimum atomic E-state index is -3.05. The Morgan fingerprint density at radius 2 is 2.18 bits per heavy atom. The van der Waals surface area contributed by atoms with E-state index < -0.39 is 14.6 Å². The number of ether oxygens (including phenoxy) is 2.